The molecular formula is C22H29F2NS. The Morgan fingerprint density at radius 2 is 1.50 bits per heavy atom. The largest absolute Gasteiger partial charge is 0.206 e. The lowest BCUT2D eigenvalue weighted by Crippen LogP contribution is -2.25. The van der Waals surface area contributed by atoms with Crippen molar-refractivity contribution in [2.45, 2.75) is 81.9 Å². The summed E-state index contributed by atoms with van der Waals surface area (Å²) in [7, 11) is 0. The average Bonchev–Trinajstić information content (AvgIpc) is 2.66. The Kier molecular flexibility index (Phi) is 6.98. The zero-order chi connectivity index (χ0) is 18.5. The molecule has 0 aliphatic heterocycles. The van der Waals surface area contributed by atoms with E-state index in [1.54, 1.807) is 5.40 Å². The Morgan fingerprint density at radius 3 is 2.00 bits per heavy atom. The van der Waals surface area contributed by atoms with Crippen LogP contribution in [0.3, 0.4) is 0 Å². The van der Waals surface area contributed by atoms with Gasteiger partial charge in [-0.05, 0) is 91.7 Å². The third-order valence-corrected chi connectivity index (χ3v) is 7.35. The topological polar surface area (TPSA) is 23.8 Å². The van der Waals surface area contributed by atoms with Crippen LogP contribution >= 0.6 is 11.8 Å². The summed E-state index contributed by atoms with van der Waals surface area (Å²) in [5, 5.41) is 10.4. The van der Waals surface area contributed by atoms with Crippen molar-refractivity contribution in [1.82, 2.24) is 0 Å². The van der Waals surface area contributed by atoms with Gasteiger partial charge in [-0.2, -0.15) is 5.26 Å². The first kappa shape index (κ1) is 19.7. The Bertz CT molecular complexity index is 615. The maximum Gasteiger partial charge on any atom is 0.141 e. The number of thioether (sulfide) groups is 1. The van der Waals surface area contributed by atoms with Crippen LogP contribution in [0.15, 0.2) is 17.0 Å². The molecule has 0 radical (unpaired) electrons. The molecule has 2 aliphatic rings. The molecule has 0 N–H and O–H groups in total. The van der Waals surface area contributed by atoms with E-state index in [1.165, 1.54) is 63.5 Å². The van der Waals surface area contributed by atoms with Crippen molar-refractivity contribution in [3.63, 3.8) is 0 Å². The molecule has 2 saturated carbocycles. The van der Waals surface area contributed by atoms with Crippen molar-refractivity contribution in [1.29, 1.82) is 5.26 Å². The van der Waals surface area contributed by atoms with E-state index in [4.69, 9.17) is 5.26 Å². The fourth-order valence-corrected chi connectivity index (χ4v) is 5.64. The average molecular weight is 378 g/mol. The Labute approximate surface area is 160 Å². The Morgan fingerprint density at radius 1 is 0.962 bits per heavy atom. The SMILES string of the molecule is CCCC1CCC(C2CCC(c3cc(F)c(SC#N)c(F)c3)CC2)CC1. The van der Waals surface area contributed by atoms with Crippen molar-refractivity contribution in [2.75, 3.05) is 0 Å². The van der Waals surface area contributed by atoms with Gasteiger partial charge in [0.15, 0.2) is 0 Å². The van der Waals surface area contributed by atoms with Crippen LogP contribution in [-0.4, -0.2) is 0 Å². The molecular weight excluding hydrogens is 348 g/mol. The second-order valence-electron chi connectivity index (χ2n) is 8.19. The summed E-state index contributed by atoms with van der Waals surface area (Å²) < 4.78 is 28.2. The Balaban J connectivity index is 1.55. The smallest absolute Gasteiger partial charge is 0.141 e. The number of benzene rings is 1. The molecule has 0 amide bonds. The molecule has 0 bridgehead atoms. The van der Waals surface area contributed by atoms with Gasteiger partial charge in [0.1, 0.15) is 17.0 Å². The maximum atomic E-state index is 14.1. The molecule has 0 saturated heterocycles. The molecule has 142 valence electrons. The highest BCUT2D eigenvalue weighted by molar-refractivity contribution is 8.03. The van der Waals surface area contributed by atoms with E-state index in [9.17, 15) is 8.78 Å². The van der Waals surface area contributed by atoms with Gasteiger partial charge in [-0.15, -0.1) is 0 Å². The zero-order valence-electron chi connectivity index (χ0n) is 15.6. The molecule has 1 aromatic carbocycles. The van der Waals surface area contributed by atoms with Crippen LogP contribution in [0.5, 0.6) is 0 Å². The molecule has 0 aromatic heterocycles. The lowest BCUT2D eigenvalue weighted by molar-refractivity contribution is 0.156. The number of thiocyanates is 1. The third kappa shape index (κ3) is 4.60. The van der Waals surface area contributed by atoms with Crippen LogP contribution in [0, 0.1) is 40.1 Å². The lowest BCUT2D eigenvalue weighted by atomic mass is 9.68. The first-order valence-electron chi connectivity index (χ1n) is 10.2. The highest BCUT2D eigenvalue weighted by atomic mass is 32.2. The predicted octanol–water partition coefficient (Wildman–Crippen LogP) is 7.42. The molecule has 2 aliphatic carbocycles. The van der Waals surface area contributed by atoms with Gasteiger partial charge in [0.2, 0.25) is 0 Å². The normalized spacial score (nSPS) is 29.3. The van der Waals surface area contributed by atoms with E-state index in [-0.39, 0.29) is 10.8 Å². The van der Waals surface area contributed by atoms with Gasteiger partial charge in [-0.3, -0.25) is 0 Å². The van der Waals surface area contributed by atoms with Crippen LogP contribution in [0.2, 0.25) is 0 Å². The van der Waals surface area contributed by atoms with Gasteiger partial charge >= 0.3 is 0 Å². The van der Waals surface area contributed by atoms with E-state index >= 15 is 0 Å². The second kappa shape index (κ2) is 9.22. The molecule has 2 fully saturated rings. The van der Waals surface area contributed by atoms with Gasteiger partial charge in [0, 0.05) is 0 Å². The highest BCUT2D eigenvalue weighted by Crippen LogP contribution is 2.45. The molecule has 0 atom stereocenters. The molecule has 4 heteroatoms. The fraction of sp³-hybridized carbons (Fsp3) is 0.682. The number of hydrogen-bond acceptors (Lipinski definition) is 2. The number of nitriles is 1. The first-order valence-corrected chi connectivity index (χ1v) is 11.0. The number of nitrogens with zero attached hydrogens (tertiary/aromatic N) is 1. The molecule has 0 unspecified atom stereocenters. The summed E-state index contributed by atoms with van der Waals surface area (Å²) in [6.07, 6.45) is 12.7. The lowest BCUT2D eigenvalue weighted by Gasteiger charge is -2.38. The summed E-state index contributed by atoms with van der Waals surface area (Å²) in [5.74, 6) is 1.69. The molecule has 1 aromatic rings. The monoisotopic (exact) mass is 377 g/mol. The maximum absolute atomic E-state index is 14.1. The zero-order valence-corrected chi connectivity index (χ0v) is 16.5. The number of rotatable bonds is 5. The van der Waals surface area contributed by atoms with Gasteiger partial charge in [0.25, 0.3) is 0 Å². The van der Waals surface area contributed by atoms with E-state index in [0.29, 0.717) is 11.8 Å². The van der Waals surface area contributed by atoms with E-state index in [2.05, 4.69) is 6.92 Å². The molecule has 0 heterocycles. The fourth-order valence-electron chi connectivity index (χ4n) is 5.24. The van der Waals surface area contributed by atoms with Crippen LogP contribution in [0.25, 0.3) is 0 Å². The van der Waals surface area contributed by atoms with Crippen LogP contribution in [0.4, 0.5) is 8.78 Å². The quantitative estimate of drug-likeness (QED) is 0.394. The minimum atomic E-state index is -0.595. The van der Waals surface area contributed by atoms with Crippen molar-refractivity contribution in [3.05, 3.63) is 29.3 Å². The molecule has 0 spiro atoms. The summed E-state index contributed by atoms with van der Waals surface area (Å²) in [5.41, 5.74) is 0.771. The van der Waals surface area contributed by atoms with E-state index in [0.717, 1.165) is 36.2 Å². The van der Waals surface area contributed by atoms with Crippen LogP contribution in [-0.2, 0) is 0 Å². The summed E-state index contributed by atoms with van der Waals surface area (Å²) in [4.78, 5) is -0.172. The summed E-state index contributed by atoms with van der Waals surface area (Å²) >= 11 is 0.562. The molecule has 3 rings (SSSR count). The summed E-state index contributed by atoms with van der Waals surface area (Å²) in [6, 6.07) is 2.90. The third-order valence-electron chi connectivity index (χ3n) is 6.67. The number of hydrogen-bond donors (Lipinski definition) is 0. The van der Waals surface area contributed by atoms with Crippen LogP contribution in [0.1, 0.15) is 82.6 Å². The van der Waals surface area contributed by atoms with Gasteiger partial charge in [0.05, 0.1) is 4.90 Å². The highest BCUT2D eigenvalue weighted by Gasteiger charge is 2.31. The van der Waals surface area contributed by atoms with Gasteiger partial charge in [-0.25, -0.2) is 8.78 Å². The van der Waals surface area contributed by atoms with Gasteiger partial charge in [-0.1, -0.05) is 32.6 Å². The van der Waals surface area contributed by atoms with Crippen molar-refractivity contribution in [3.8, 4) is 5.40 Å². The van der Waals surface area contributed by atoms with Crippen molar-refractivity contribution < 1.29 is 8.78 Å². The van der Waals surface area contributed by atoms with Gasteiger partial charge < -0.3 is 0 Å². The minimum absolute atomic E-state index is 0.172. The Hall–Kier alpha value is -1.08. The standard InChI is InChI=1S/C22H29F2NS/c1-2-3-15-4-6-16(7-5-15)17-8-10-18(11-9-17)19-12-20(23)22(26-14-25)21(24)13-19/h12-13,15-18H,2-11H2,1H3. The van der Waals surface area contributed by atoms with E-state index in [1.807, 2.05) is 0 Å². The number of halogens is 2. The minimum Gasteiger partial charge on any atom is -0.206 e. The summed E-state index contributed by atoms with van der Waals surface area (Å²) in [6.45, 7) is 2.28. The molecule has 26 heavy (non-hydrogen) atoms. The van der Waals surface area contributed by atoms with Crippen molar-refractivity contribution in [2.24, 2.45) is 17.8 Å². The second-order valence-corrected chi connectivity index (χ2v) is 8.98. The van der Waals surface area contributed by atoms with Crippen molar-refractivity contribution >= 4 is 11.8 Å². The molecule has 1 nitrogen and oxygen atoms in total. The first-order chi connectivity index (χ1) is 12.6. The predicted molar refractivity (Wildman–Crippen MR) is 103 cm³/mol. The van der Waals surface area contributed by atoms with Crippen LogP contribution < -0.4 is 0 Å². The van der Waals surface area contributed by atoms with E-state index < -0.39 is 11.6 Å².